The molecule has 14 heavy (non-hydrogen) atoms. The molecule has 2 heterocycles. The van der Waals surface area contributed by atoms with Gasteiger partial charge in [-0.2, -0.15) is 0 Å². The Morgan fingerprint density at radius 2 is 2.36 bits per heavy atom. The molecule has 0 atom stereocenters. The zero-order valence-corrected chi connectivity index (χ0v) is 7.45. The van der Waals surface area contributed by atoms with E-state index in [2.05, 4.69) is 15.3 Å². The topological polar surface area (TPSA) is 65.6 Å². The van der Waals surface area contributed by atoms with E-state index in [1.54, 1.807) is 23.4 Å². The van der Waals surface area contributed by atoms with Gasteiger partial charge < -0.3 is 4.57 Å². The van der Waals surface area contributed by atoms with Crippen LogP contribution in [0, 0.1) is 0 Å². The van der Waals surface area contributed by atoms with Crippen molar-refractivity contribution in [1.82, 2.24) is 24.5 Å². The number of aldehydes is 1. The molecule has 2 aromatic heterocycles. The van der Waals surface area contributed by atoms with E-state index in [1.165, 1.54) is 0 Å². The van der Waals surface area contributed by atoms with E-state index in [4.69, 9.17) is 0 Å². The minimum absolute atomic E-state index is 0.357. The molecule has 0 aromatic carbocycles. The fourth-order valence-electron chi connectivity index (χ4n) is 1.11. The van der Waals surface area contributed by atoms with Crippen LogP contribution in [0.1, 0.15) is 10.5 Å². The van der Waals surface area contributed by atoms with Crippen LogP contribution in [-0.2, 0) is 13.1 Å². The lowest BCUT2D eigenvalue weighted by molar-refractivity contribution is 0.111. The molecule has 0 unspecified atom stereocenters. The quantitative estimate of drug-likeness (QED) is 0.637. The summed E-state index contributed by atoms with van der Waals surface area (Å²) in [4.78, 5) is 14.2. The molecule has 0 aliphatic heterocycles. The number of carbonyl (C=O) groups excluding carboxylic acids is 1. The van der Waals surface area contributed by atoms with Gasteiger partial charge >= 0.3 is 0 Å². The largest absolute Gasteiger partial charge is 0.336 e. The van der Waals surface area contributed by atoms with Crippen LogP contribution in [0.3, 0.4) is 0 Å². The number of aryl methyl sites for hydroxylation is 2. The average molecular weight is 191 g/mol. The first-order valence-electron chi connectivity index (χ1n) is 4.19. The third-order valence-electron chi connectivity index (χ3n) is 1.82. The molecule has 0 aliphatic carbocycles. The molecule has 0 aliphatic rings. The molecule has 0 spiro atoms. The average Bonchev–Trinajstić information content (AvgIpc) is 2.86. The Kier molecular flexibility index (Phi) is 2.35. The molecular formula is C8H9N5O. The van der Waals surface area contributed by atoms with Crippen molar-refractivity contribution < 1.29 is 4.79 Å². The predicted molar refractivity (Wildman–Crippen MR) is 47.6 cm³/mol. The van der Waals surface area contributed by atoms with Gasteiger partial charge in [0.1, 0.15) is 5.69 Å². The van der Waals surface area contributed by atoms with E-state index < -0.39 is 0 Å². The number of imidazole rings is 1. The van der Waals surface area contributed by atoms with Gasteiger partial charge in [0, 0.05) is 18.9 Å². The van der Waals surface area contributed by atoms with Gasteiger partial charge in [-0.1, -0.05) is 5.21 Å². The molecule has 0 N–H and O–H groups in total. The summed E-state index contributed by atoms with van der Waals surface area (Å²) in [5.74, 6) is 0. The van der Waals surface area contributed by atoms with Gasteiger partial charge in [0.05, 0.1) is 19.1 Å². The van der Waals surface area contributed by atoms with Crippen LogP contribution in [0.2, 0.25) is 0 Å². The van der Waals surface area contributed by atoms with E-state index in [0.29, 0.717) is 18.5 Å². The fraction of sp³-hybridized carbons (Fsp3) is 0.250. The number of carbonyl (C=O) groups is 1. The van der Waals surface area contributed by atoms with E-state index in [9.17, 15) is 4.79 Å². The van der Waals surface area contributed by atoms with Crippen molar-refractivity contribution in [3.05, 3.63) is 30.6 Å². The molecule has 2 rings (SSSR count). The van der Waals surface area contributed by atoms with Crippen LogP contribution in [0.4, 0.5) is 0 Å². The minimum Gasteiger partial charge on any atom is -0.336 e. The first-order chi connectivity index (χ1) is 6.88. The summed E-state index contributed by atoms with van der Waals surface area (Å²) in [6.45, 7) is 1.44. The Hall–Kier alpha value is -1.98. The highest BCUT2D eigenvalue weighted by Crippen LogP contribution is 1.92. The van der Waals surface area contributed by atoms with Crippen molar-refractivity contribution in [1.29, 1.82) is 0 Å². The summed E-state index contributed by atoms with van der Waals surface area (Å²) >= 11 is 0. The fourth-order valence-corrected chi connectivity index (χ4v) is 1.11. The summed E-state index contributed by atoms with van der Waals surface area (Å²) in [5, 5.41) is 7.44. The molecule has 6 nitrogen and oxygen atoms in total. The Morgan fingerprint density at radius 3 is 3.00 bits per heavy atom. The molecule has 0 saturated heterocycles. The molecular weight excluding hydrogens is 182 g/mol. The van der Waals surface area contributed by atoms with Crippen molar-refractivity contribution in [3.8, 4) is 0 Å². The maximum atomic E-state index is 10.3. The van der Waals surface area contributed by atoms with E-state index >= 15 is 0 Å². The first kappa shape index (κ1) is 8.61. The molecule has 0 bridgehead atoms. The predicted octanol–water partition coefficient (Wildman–Crippen LogP) is -0.0127. The summed E-state index contributed by atoms with van der Waals surface area (Å²) in [7, 11) is 0. The number of aromatic nitrogens is 5. The Labute approximate surface area is 80.2 Å². The van der Waals surface area contributed by atoms with Gasteiger partial charge in [0.25, 0.3) is 0 Å². The summed E-state index contributed by atoms with van der Waals surface area (Å²) in [6.07, 6.45) is 7.62. The van der Waals surface area contributed by atoms with Crippen molar-refractivity contribution >= 4 is 6.29 Å². The lowest BCUT2D eigenvalue weighted by atomic mass is 10.5. The van der Waals surface area contributed by atoms with Crippen LogP contribution in [0.5, 0.6) is 0 Å². The molecule has 0 amide bonds. The molecule has 0 saturated carbocycles. The smallest absolute Gasteiger partial charge is 0.171 e. The zero-order valence-electron chi connectivity index (χ0n) is 7.45. The molecule has 6 heteroatoms. The SMILES string of the molecule is O=Cc1cn(CCn2ccnc2)nn1. The van der Waals surface area contributed by atoms with E-state index in [1.807, 2.05) is 10.8 Å². The number of hydrogen-bond donors (Lipinski definition) is 0. The van der Waals surface area contributed by atoms with Gasteiger partial charge in [-0.3, -0.25) is 9.48 Å². The highest BCUT2D eigenvalue weighted by molar-refractivity contribution is 5.70. The Balaban J connectivity index is 1.95. The monoisotopic (exact) mass is 191 g/mol. The second-order valence-electron chi connectivity index (χ2n) is 2.82. The van der Waals surface area contributed by atoms with Crippen molar-refractivity contribution in [2.45, 2.75) is 13.1 Å². The minimum atomic E-state index is 0.357. The highest BCUT2D eigenvalue weighted by Gasteiger charge is 1.98. The van der Waals surface area contributed by atoms with Gasteiger partial charge in [0.2, 0.25) is 0 Å². The lowest BCUT2D eigenvalue weighted by Crippen LogP contribution is -2.06. The van der Waals surface area contributed by atoms with Crippen LogP contribution in [-0.4, -0.2) is 30.8 Å². The molecule has 0 fully saturated rings. The summed E-state index contributed by atoms with van der Waals surface area (Å²) in [6, 6.07) is 0. The van der Waals surface area contributed by atoms with Crippen molar-refractivity contribution in [2.75, 3.05) is 0 Å². The molecule has 2 aromatic rings. The highest BCUT2D eigenvalue weighted by atomic mass is 16.1. The summed E-state index contributed by atoms with van der Waals surface area (Å²) < 4.78 is 3.56. The summed E-state index contributed by atoms with van der Waals surface area (Å²) in [5.41, 5.74) is 0.357. The third-order valence-corrected chi connectivity index (χ3v) is 1.82. The van der Waals surface area contributed by atoms with Crippen LogP contribution in [0.15, 0.2) is 24.9 Å². The van der Waals surface area contributed by atoms with Crippen LogP contribution in [0.25, 0.3) is 0 Å². The van der Waals surface area contributed by atoms with Gasteiger partial charge in [-0.05, 0) is 0 Å². The maximum Gasteiger partial charge on any atom is 0.171 e. The third kappa shape index (κ3) is 1.85. The van der Waals surface area contributed by atoms with Crippen LogP contribution < -0.4 is 0 Å². The van der Waals surface area contributed by atoms with E-state index in [0.717, 1.165) is 6.54 Å². The molecule has 0 radical (unpaired) electrons. The number of rotatable bonds is 4. The van der Waals surface area contributed by atoms with E-state index in [-0.39, 0.29) is 0 Å². The maximum absolute atomic E-state index is 10.3. The lowest BCUT2D eigenvalue weighted by Gasteiger charge is -2.00. The zero-order chi connectivity index (χ0) is 9.80. The van der Waals surface area contributed by atoms with Crippen molar-refractivity contribution in [3.63, 3.8) is 0 Å². The van der Waals surface area contributed by atoms with Gasteiger partial charge in [-0.15, -0.1) is 5.10 Å². The van der Waals surface area contributed by atoms with Crippen molar-refractivity contribution in [2.24, 2.45) is 0 Å². The van der Waals surface area contributed by atoms with Crippen LogP contribution >= 0.6 is 0 Å². The van der Waals surface area contributed by atoms with Gasteiger partial charge in [-0.25, -0.2) is 4.98 Å². The first-order valence-corrected chi connectivity index (χ1v) is 4.19. The Bertz CT molecular complexity index is 405. The number of hydrogen-bond acceptors (Lipinski definition) is 4. The Morgan fingerprint density at radius 1 is 1.43 bits per heavy atom. The molecule has 72 valence electrons. The second kappa shape index (κ2) is 3.82. The number of nitrogens with zero attached hydrogens (tertiary/aromatic N) is 5. The standard InChI is InChI=1S/C8H9N5O/c14-6-8-5-13(11-10-8)4-3-12-2-1-9-7-12/h1-2,5-7H,3-4H2. The normalized spacial score (nSPS) is 10.3. The van der Waals surface area contributed by atoms with Gasteiger partial charge in [0.15, 0.2) is 6.29 Å². The second-order valence-corrected chi connectivity index (χ2v) is 2.82.